The molecule has 0 aliphatic rings. The predicted molar refractivity (Wildman–Crippen MR) is 79.9 cm³/mol. The van der Waals surface area contributed by atoms with Crippen molar-refractivity contribution < 1.29 is 24.2 Å². The molecule has 0 saturated carbocycles. The molecule has 1 unspecified atom stereocenters. The van der Waals surface area contributed by atoms with Crippen molar-refractivity contribution >= 4 is 12.1 Å². The highest BCUT2D eigenvalue weighted by atomic mass is 16.6. The van der Waals surface area contributed by atoms with Crippen molar-refractivity contribution in [2.75, 3.05) is 6.61 Å². The molecular weight excluding hydrogens is 274 g/mol. The van der Waals surface area contributed by atoms with Gasteiger partial charge in [-0.15, -0.1) is 0 Å². The number of ether oxygens (including phenoxy) is 2. The molecule has 124 valence electrons. The topological polar surface area (TPSA) is 84.9 Å². The monoisotopic (exact) mass is 303 g/mol. The molecule has 0 rings (SSSR count). The molecule has 21 heavy (non-hydrogen) atoms. The summed E-state index contributed by atoms with van der Waals surface area (Å²) in [4.78, 5) is 23.9. The minimum absolute atomic E-state index is 0.0491. The van der Waals surface area contributed by atoms with E-state index in [1.54, 1.807) is 41.5 Å². The summed E-state index contributed by atoms with van der Waals surface area (Å²) in [6, 6.07) is -0.773. The second-order valence-corrected chi connectivity index (χ2v) is 6.95. The summed E-state index contributed by atoms with van der Waals surface area (Å²) >= 11 is 0. The molecule has 0 saturated heterocycles. The van der Waals surface area contributed by atoms with E-state index in [9.17, 15) is 9.59 Å². The van der Waals surface area contributed by atoms with Gasteiger partial charge < -0.3 is 19.9 Å². The highest BCUT2D eigenvalue weighted by molar-refractivity contribution is 5.81. The highest BCUT2D eigenvalue weighted by Gasteiger charge is 2.28. The number of aliphatic hydroxyl groups is 1. The van der Waals surface area contributed by atoms with E-state index in [1.165, 1.54) is 0 Å². The van der Waals surface area contributed by atoms with Crippen LogP contribution in [-0.4, -0.2) is 41.0 Å². The van der Waals surface area contributed by atoms with Crippen molar-refractivity contribution in [1.29, 1.82) is 0 Å². The molecule has 1 atom stereocenters. The molecule has 6 heteroatoms. The van der Waals surface area contributed by atoms with Gasteiger partial charge in [-0.3, -0.25) is 0 Å². The molecule has 0 fully saturated rings. The van der Waals surface area contributed by atoms with Gasteiger partial charge >= 0.3 is 12.1 Å². The molecule has 0 aromatic rings. The predicted octanol–water partition coefficient (Wildman–Crippen LogP) is 2.38. The first-order valence-electron chi connectivity index (χ1n) is 7.28. The Morgan fingerprint density at radius 1 is 1.00 bits per heavy atom. The van der Waals surface area contributed by atoms with Crippen molar-refractivity contribution in [2.45, 2.75) is 78.0 Å². The number of aliphatic hydroxyl groups excluding tert-OH is 1. The smallest absolute Gasteiger partial charge is 0.408 e. The number of unbranched alkanes of at least 4 members (excludes halogenated alkanes) is 1. The first kappa shape index (κ1) is 19.7. The second-order valence-electron chi connectivity index (χ2n) is 6.95. The van der Waals surface area contributed by atoms with Crippen LogP contribution in [0.5, 0.6) is 0 Å². The van der Waals surface area contributed by atoms with E-state index in [0.29, 0.717) is 19.3 Å². The highest BCUT2D eigenvalue weighted by Crippen LogP contribution is 2.13. The molecule has 0 spiro atoms. The Morgan fingerprint density at radius 2 is 1.52 bits per heavy atom. The van der Waals surface area contributed by atoms with Crippen LogP contribution in [0.2, 0.25) is 0 Å². The first-order valence-corrected chi connectivity index (χ1v) is 7.28. The third-order valence-electron chi connectivity index (χ3n) is 2.28. The lowest BCUT2D eigenvalue weighted by atomic mass is 10.1. The molecule has 0 aliphatic heterocycles. The summed E-state index contributed by atoms with van der Waals surface area (Å²) < 4.78 is 10.4. The lowest BCUT2D eigenvalue weighted by Gasteiger charge is -2.26. The first-order chi connectivity index (χ1) is 9.44. The van der Waals surface area contributed by atoms with Crippen LogP contribution in [0.3, 0.4) is 0 Å². The van der Waals surface area contributed by atoms with Crippen LogP contribution in [0.4, 0.5) is 4.79 Å². The van der Waals surface area contributed by atoms with Gasteiger partial charge in [0.1, 0.15) is 17.2 Å². The molecule has 0 aromatic carbocycles. The number of hydrogen-bond donors (Lipinski definition) is 2. The fraction of sp³-hybridized carbons (Fsp3) is 0.867. The van der Waals surface area contributed by atoms with Crippen molar-refractivity contribution in [3.63, 3.8) is 0 Å². The van der Waals surface area contributed by atoms with Gasteiger partial charge in [0, 0.05) is 6.61 Å². The zero-order valence-electron chi connectivity index (χ0n) is 14.0. The number of carbonyl (C=O) groups is 2. The van der Waals surface area contributed by atoms with Gasteiger partial charge in [0.15, 0.2) is 0 Å². The summed E-state index contributed by atoms with van der Waals surface area (Å²) in [5.74, 6) is -0.494. The third kappa shape index (κ3) is 11.1. The Kier molecular flexibility index (Phi) is 7.71. The molecule has 0 aromatic heterocycles. The van der Waals surface area contributed by atoms with Crippen LogP contribution in [0.25, 0.3) is 0 Å². The van der Waals surface area contributed by atoms with Crippen molar-refractivity contribution in [1.82, 2.24) is 5.32 Å². The SMILES string of the molecule is CC(C)(C)OC(=O)NC(CCCCO)C(=O)OC(C)(C)C. The van der Waals surface area contributed by atoms with E-state index in [-0.39, 0.29) is 6.61 Å². The fourth-order valence-electron chi connectivity index (χ4n) is 1.53. The van der Waals surface area contributed by atoms with Crippen LogP contribution < -0.4 is 5.32 Å². The van der Waals surface area contributed by atoms with Gasteiger partial charge in [0.25, 0.3) is 0 Å². The van der Waals surface area contributed by atoms with Gasteiger partial charge in [0.2, 0.25) is 0 Å². The fourth-order valence-corrected chi connectivity index (χ4v) is 1.53. The maximum Gasteiger partial charge on any atom is 0.408 e. The van der Waals surface area contributed by atoms with Crippen molar-refractivity contribution in [3.8, 4) is 0 Å². The number of hydrogen-bond acceptors (Lipinski definition) is 5. The van der Waals surface area contributed by atoms with E-state index in [1.807, 2.05) is 0 Å². The molecule has 0 aliphatic carbocycles. The standard InChI is InChI=1S/C15H29NO5/c1-14(2,3)20-12(18)11(9-7-8-10-17)16-13(19)21-15(4,5)6/h11,17H,7-10H2,1-6H3,(H,16,19). The Labute approximate surface area is 127 Å². The minimum atomic E-state index is -0.773. The molecule has 2 N–H and O–H groups in total. The number of rotatable bonds is 6. The zero-order valence-corrected chi connectivity index (χ0v) is 14.0. The lowest BCUT2D eigenvalue weighted by molar-refractivity contribution is -0.157. The van der Waals surface area contributed by atoms with Gasteiger partial charge in [-0.25, -0.2) is 9.59 Å². The van der Waals surface area contributed by atoms with Crippen LogP contribution in [0.15, 0.2) is 0 Å². The number of amides is 1. The minimum Gasteiger partial charge on any atom is -0.458 e. The van der Waals surface area contributed by atoms with E-state index >= 15 is 0 Å². The Morgan fingerprint density at radius 3 is 1.95 bits per heavy atom. The molecule has 0 bridgehead atoms. The van der Waals surface area contributed by atoms with Gasteiger partial charge in [-0.2, -0.15) is 0 Å². The van der Waals surface area contributed by atoms with Crippen LogP contribution >= 0.6 is 0 Å². The molecule has 0 radical (unpaired) electrons. The number of esters is 1. The van der Waals surface area contributed by atoms with Crippen LogP contribution in [0, 0.1) is 0 Å². The molecule has 6 nitrogen and oxygen atoms in total. The second kappa shape index (κ2) is 8.22. The Balaban J connectivity index is 4.65. The summed E-state index contributed by atoms with van der Waals surface area (Å²) in [5, 5.41) is 11.3. The third-order valence-corrected chi connectivity index (χ3v) is 2.28. The summed E-state index contributed by atoms with van der Waals surface area (Å²) in [6.07, 6.45) is 0.919. The van der Waals surface area contributed by atoms with Crippen LogP contribution in [0.1, 0.15) is 60.8 Å². The number of carbonyl (C=O) groups excluding carboxylic acids is 2. The summed E-state index contributed by atoms with van der Waals surface area (Å²) in [7, 11) is 0. The van der Waals surface area contributed by atoms with E-state index < -0.39 is 29.3 Å². The van der Waals surface area contributed by atoms with Crippen molar-refractivity contribution in [2.24, 2.45) is 0 Å². The van der Waals surface area contributed by atoms with Crippen LogP contribution in [-0.2, 0) is 14.3 Å². The summed E-state index contributed by atoms with van der Waals surface area (Å²) in [6.45, 7) is 10.6. The summed E-state index contributed by atoms with van der Waals surface area (Å²) in [5.41, 5.74) is -1.25. The quantitative estimate of drug-likeness (QED) is 0.581. The molecular formula is C15H29NO5. The number of nitrogens with one attached hydrogen (secondary N) is 1. The average molecular weight is 303 g/mol. The molecule has 0 heterocycles. The van der Waals surface area contributed by atoms with Crippen molar-refractivity contribution in [3.05, 3.63) is 0 Å². The van der Waals surface area contributed by atoms with E-state index in [0.717, 1.165) is 0 Å². The largest absolute Gasteiger partial charge is 0.458 e. The van der Waals surface area contributed by atoms with E-state index in [2.05, 4.69) is 5.32 Å². The van der Waals surface area contributed by atoms with E-state index in [4.69, 9.17) is 14.6 Å². The zero-order chi connectivity index (χ0) is 16.7. The number of alkyl carbamates (subject to hydrolysis) is 1. The van der Waals surface area contributed by atoms with Gasteiger partial charge in [-0.05, 0) is 60.8 Å². The maximum absolute atomic E-state index is 12.1. The Hall–Kier alpha value is -1.30. The normalized spacial score (nSPS) is 13.5. The molecule has 1 amide bonds. The lowest BCUT2D eigenvalue weighted by Crippen LogP contribution is -2.46. The van der Waals surface area contributed by atoms with Gasteiger partial charge in [-0.1, -0.05) is 0 Å². The average Bonchev–Trinajstić information content (AvgIpc) is 2.22. The maximum atomic E-state index is 12.1. The Bertz CT molecular complexity index is 341. The van der Waals surface area contributed by atoms with Gasteiger partial charge in [0.05, 0.1) is 0 Å².